The van der Waals surface area contributed by atoms with Crippen LogP contribution in [-0.4, -0.2) is 28.6 Å². The van der Waals surface area contributed by atoms with Gasteiger partial charge in [-0.1, -0.05) is 25.3 Å². The summed E-state index contributed by atoms with van der Waals surface area (Å²) in [5.74, 6) is 0.117. The molecule has 164 valence electrons. The summed E-state index contributed by atoms with van der Waals surface area (Å²) in [7, 11) is 1.61. The molecule has 6 heteroatoms. The molecule has 5 rings (SSSR count). The van der Waals surface area contributed by atoms with E-state index in [4.69, 9.17) is 9.72 Å². The third-order valence-electron chi connectivity index (χ3n) is 6.43. The van der Waals surface area contributed by atoms with E-state index in [1.54, 1.807) is 19.3 Å². The van der Waals surface area contributed by atoms with Crippen molar-refractivity contribution >= 4 is 38.7 Å². The zero-order valence-corrected chi connectivity index (χ0v) is 18.2. The van der Waals surface area contributed by atoms with Crippen molar-refractivity contribution in [2.24, 2.45) is 0 Å². The average molecular weight is 432 g/mol. The van der Waals surface area contributed by atoms with Gasteiger partial charge < -0.3 is 14.6 Å². The minimum Gasteiger partial charge on any atom is -0.497 e. The summed E-state index contributed by atoms with van der Waals surface area (Å²) in [6.45, 7) is 4.43. The van der Waals surface area contributed by atoms with Crippen molar-refractivity contribution in [2.75, 3.05) is 7.11 Å². The fourth-order valence-corrected chi connectivity index (χ4v) is 4.92. The molecule has 1 aliphatic rings. The number of hydrogen-bond acceptors (Lipinski definition) is 3. The van der Waals surface area contributed by atoms with Crippen molar-refractivity contribution in [2.45, 2.75) is 44.7 Å². The van der Waals surface area contributed by atoms with Crippen LogP contribution in [0.15, 0.2) is 49.1 Å². The van der Waals surface area contributed by atoms with Crippen LogP contribution in [0.2, 0.25) is 0 Å². The second kappa shape index (κ2) is 8.26. The summed E-state index contributed by atoms with van der Waals surface area (Å²) in [6, 6.07) is 10.3. The van der Waals surface area contributed by atoms with Crippen LogP contribution in [0, 0.1) is 5.82 Å². The van der Waals surface area contributed by atoms with Gasteiger partial charge in [-0.15, -0.1) is 6.58 Å². The summed E-state index contributed by atoms with van der Waals surface area (Å²) >= 11 is 0. The number of fused-ring (bicyclic) bond motifs is 4. The normalized spacial score (nSPS) is 14.8. The van der Waals surface area contributed by atoms with Gasteiger partial charge in [0.1, 0.15) is 17.2 Å². The maximum Gasteiger partial charge on any atom is 0.252 e. The lowest BCUT2D eigenvalue weighted by atomic mass is 9.94. The standard InChI is InChI=1S/C26H26FN3O2/c1-3-13-30-22-12-10-18(32-2)15-20(22)23-24(26(31)28-17-7-5-4-6-8-17)19-14-16(27)9-11-21(19)29-25(23)30/h3,9-12,14-15,17H,1,4-8,13H2,2H3,(H,28,31). The largest absolute Gasteiger partial charge is 0.497 e. The average Bonchev–Trinajstić information content (AvgIpc) is 3.10. The first-order valence-electron chi connectivity index (χ1n) is 11.1. The first kappa shape index (κ1) is 20.5. The molecule has 0 spiro atoms. The summed E-state index contributed by atoms with van der Waals surface area (Å²) < 4.78 is 21.8. The molecule has 1 fully saturated rings. The van der Waals surface area contributed by atoms with E-state index in [2.05, 4.69) is 11.9 Å². The summed E-state index contributed by atoms with van der Waals surface area (Å²) in [6.07, 6.45) is 7.18. The monoisotopic (exact) mass is 431 g/mol. The van der Waals surface area contributed by atoms with E-state index in [0.29, 0.717) is 39.8 Å². The highest BCUT2D eigenvalue weighted by molar-refractivity contribution is 6.23. The van der Waals surface area contributed by atoms with Crippen molar-refractivity contribution in [3.05, 3.63) is 60.4 Å². The van der Waals surface area contributed by atoms with E-state index >= 15 is 0 Å². The van der Waals surface area contributed by atoms with Gasteiger partial charge >= 0.3 is 0 Å². The Kier molecular flexibility index (Phi) is 5.29. The number of aromatic nitrogens is 2. The van der Waals surface area contributed by atoms with Crippen LogP contribution in [0.3, 0.4) is 0 Å². The molecular weight excluding hydrogens is 405 g/mol. The molecule has 2 heterocycles. The molecule has 1 saturated carbocycles. The van der Waals surface area contributed by atoms with Gasteiger partial charge in [0.25, 0.3) is 5.91 Å². The lowest BCUT2D eigenvalue weighted by molar-refractivity contribution is 0.0931. The highest BCUT2D eigenvalue weighted by atomic mass is 19.1. The maximum absolute atomic E-state index is 14.3. The molecule has 0 unspecified atom stereocenters. The van der Waals surface area contributed by atoms with E-state index in [9.17, 15) is 9.18 Å². The van der Waals surface area contributed by atoms with Gasteiger partial charge in [-0.25, -0.2) is 9.37 Å². The Balaban J connectivity index is 1.84. The van der Waals surface area contributed by atoms with E-state index in [1.165, 1.54) is 18.6 Å². The van der Waals surface area contributed by atoms with Crippen LogP contribution >= 0.6 is 0 Å². The van der Waals surface area contributed by atoms with Crippen molar-refractivity contribution in [3.63, 3.8) is 0 Å². The molecule has 1 amide bonds. The van der Waals surface area contributed by atoms with Gasteiger partial charge in [0.15, 0.2) is 0 Å². The number of pyridine rings is 1. The molecule has 0 atom stereocenters. The molecule has 0 bridgehead atoms. The molecule has 1 N–H and O–H groups in total. The van der Waals surface area contributed by atoms with Crippen molar-refractivity contribution in [1.82, 2.24) is 14.9 Å². The summed E-state index contributed by atoms with van der Waals surface area (Å²) in [5.41, 5.74) is 2.67. The van der Waals surface area contributed by atoms with Crippen LogP contribution in [-0.2, 0) is 6.54 Å². The van der Waals surface area contributed by atoms with Crippen molar-refractivity contribution in [1.29, 1.82) is 0 Å². The Morgan fingerprint density at radius 3 is 2.78 bits per heavy atom. The summed E-state index contributed by atoms with van der Waals surface area (Å²) in [4.78, 5) is 18.5. The Morgan fingerprint density at radius 2 is 2.03 bits per heavy atom. The number of allylic oxidation sites excluding steroid dienone is 1. The Bertz CT molecular complexity index is 1350. The van der Waals surface area contributed by atoms with E-state index in [1.807, 2.05) is 22.8 Å². The second-order valence-corrected chi connectivity index (χ2v) is 8.44. The van der Waals surface area contributed by atoms with E-state index < -0.39 is 5.82 Å². The predicted octanol–water partition coefficient (Wildman–Crippen LogP) is 5.74. The molecule has 2 aromatic heterocycles. The number of amides is 1. The van der Waals surface area contributed by atoms with Gasteiger partial charge in [-0.2, -0.15) is 0 Å². The molecule has 0 radical (unpaired) electrons. The second-order valence-electron chi connectivity index (χ2n) is 8.44. The Hall–Kier alpha value is -3.41. The topological polar surface area (TPSA) is 56.1 Å². The van der Waals surface area contributed by atoms with Crippen LogP contribution in [0.5, 0.6) is 5.75 Å². The Labute approximate surface area is 185 Å². The molecule has 0 aliphatic heterocycles. The molecule has 1 aliphatic carbocycles. The minimum absolute atomic E-state index is 0.138. The molecule has 5 nitrogen and oxygen atoms in total. The molecule has 32 heavy (non-hydrogen) atoms. The zero-order chi connectivity index (χ0) is 22.2. The van der Waals surface area contributed by atoms with Gasteiger partial charge in [-0.3, -0.25) is 4.79 Å². The van der Waals surface area contributed by atoms with Crippen molar-refractivity contribution < 1.29 is 13.9 Å². The quantitative estimate of drug-likeness (QED) is 0.410. The zero-order valence-electron chi connectivity index (χ0n) is 18.2. The van der Waals surface area contributed by atoms with Gasteiger partial charge in [0, 0.05) is 28.7 Å². The SMILES string of the molecule is C=CCn1c2ccc(OC)cc2c2c(C(=O)NC3CCCCC3)c3cc(F)ccc3nc21. The lowest BCUT2D eigenvalue weighted by Crippen LogP contribution is -2.36. The van der Waals surface area contributed by atoms with Gasteiger partial charge in [0.05, 0.1) is 23.7 Å². The minimum atomic E-state index is -0.391. The number of ether oxygens (including phenoxy) is 1. The number of rotatable bonds is 5. The number of benzene rings is 2. The van der Waals surface area contributed by atoms with Gasteiger partial charge in [0.2, 0.25) is 0 Å². The van der Waals surface area contributed by atoms with Crippen LogP contribution in [0.4, 0.5) is 4.39 Å². The van der Waals surface area contributed by atoms with E-state index in [0.717, 1.165) is 36.6 Å². The third kappa shape index (κ3) is 3.40. The number of carbonyl (C=O) groups excluding carboxylic acids is 1. The highest BCUT2D eigenvalue weighted by Gasteiger charge is 2.25. The lowest BCUT2D eigenvalue weighted by Gasteiger charge is -2.23. The molecule has 4 aromatic rings. The number of methoxy groups -OCH3 is 1. The number of carbonyl (C=O) groups is 1. The van der Waals surface area contributed by atoms with E-state index in [-0.39, 0.29) is 11.9 Å². The third-order valence-corrected chi connectivity index (χ3v) is 6.43. The van der Waals surface area contributed by atoms with Crippen molar-refractivity contribution in [3.8, 4) is 5.75 Å². The highest BCUT2D eigenvalue weighted by Crippen LogP contribution is 2.37. The van der Waals surface area contributed by atoms with Crippen LogP contribution in [0.1, 0.15) is 42.5 Å². The first-order valence-corrected chi connectivity index (χ1v) is 11.1. The number of hydrogen-bond donors (Lipinski definition) is 1. The van der Waals surface area contributed by atoms with Gasteiger partial charge in [-0.05, 0) is 49.2 Å². The number of nitrogens with one attached hydrogen (secondary N) is 1. The summed E-state index contributed by atoms with van der Waals surface area (Å²) in [5, 5.41) is 5.31. The number of nitrogens with zero attached hydrogens (tertiary/aromatic N) is 2. The Morgan fingerprint density at radius 1 is 1.22 bits per heavy atom. The predicted molar refractivity (Wildman–Crippen MR) is 126 cm³/mol. The molecular formula is C26H26FN3O2. The number of halogens is 1. The fraction of sp³-hybridized carbons (Fsp3) is 0.308. The smallest absolute Gasteiger partial charge is 0.252 e. The van der Waals surface area contributed by atoms with Crippen LogP contribution < -0.4 is 10.1 Å². The maximum atomic E-state index is 14.3. The van der Waals surface area contributed by atoms with Crippen LogP contribution in [0.25, 0.3) is 32.8 Å². The first-order chi connectivity index (χ1) is 15.6. The molecule has 0 saturated heterocycles. The molecule has 2 aromatic carbocycles. The fourth-order valence-electron chi connectivity index (χ4n) is 4.92.